The first-order valence-corrected chi connectivity index (χ1v) is 12.1. The molecule has 0 saturated heterocycles. The van der Waals surface area contributed by atoms with Crippen molar-refractivity contribution in [3.8, 4) is 5.75 Å². The fourth-order valence-electron chi connectivity index (χ4n) is 3.57. The number of carbonyl (C=O) groups excluding carboxylic acids is 3. The zero-order chi connectivity index (χ0) is 25.3. The normalized spacial score (nSPS) is 11.2. The number of nitrogens with one attached hydrogen (secondary N) is 3. The molecule has 7 nitrogen and oxygen atoms in total. The van der Waals surface area contributed by atoms with E-state index in [-0.39, 0.29) is 17.7 Å². The second-order valence-electron chi connectivity index (χ2n) is 7.91. The maximum atomic E-state index is 13.1. The van der Waals surface area contributed by atoms with Crippen LogP contribution in [-0.2, 0) is 11.2 Å². The average molecular weight is 500 g/mol. The van der Waals surface area contributed by atoms with Crippen LogP contribution in [0.5, 0.6) is 5.75 Å². The molecule has 3 amide bonds. The van der Waals surface area contributed by atoms with Crippen molar-refractivity contribution >= 4 is 40.4 Å². The fourth-order valence-corrected chi connectivity index (χ4v) is 4.20. The molecular weight excluding hydrogens is 474 g/mol. The van der Waals surface area contributed by atoms with Gasteiger partial charge in [-0.3, -0.25) is 14.4 Å². The molecular formula is C28H25N3O4S. The molecule has 4 rings (SSSR count). The third kappa shape index (κ3) is 6.37. The molecule has 1 atom stereocenters. The molecule has 3 aromatic carbocycles. The number of carbonyl (C=O) groups is 3. The van der Waals surface area contributed by atoms with E-state index in [0.717, 1.165) is 5.56 Å². The highest BCUT2D eigenvalue weighted by atomic mass is 32.1. The molecule has 0 bridgehead atoms. The van der Waals surface area contributed by atoms with Crippen molar-refractivity contribution in [2.45, 2.75) is 12.5 Å². The Morgan fingerprint density at radius 2 is 1.53 bits per heavy atom. The van der Waals surface area contributed by atoms with Gasteiger partial charge in [0.2, 0.25) is 5.91 Å². The van der Waals surface area contributed by atoms with Gasteiger partial charge in [-0.1, -0.05) is 48.5 Å². The summed E-state index contributed by atoms with van der Waals surface area (Å²) in [6.07, 6.45) is 0.336. The first-order valence-electron chi connectivity index (χ1n) is 11.3. The van der Waals surface area contributed by atoms with Crippen molar-refractivity contribution in [2.75, 3.05) is 17.7 Å². The topological polar surface area (TPSA) is 96.5 Å². The predicted octanol–water partition coefficient (Wildman–Crippen LogP) is 4.99. The van der Waals surface area contributed by atoms with E-state index < -0.39 is 6.04 Å². The SMILES string of the molecule is COc1ccccc1NC(=O)c1ccc(NC(=O)[C@H](Cc2ccccc2)NC(=O)c2cccs2)cc1. The summed E-state index contributed by atoms with van der Waals surface area (Å²) in [6.45, 7) is 0. The molecule has 0 aliphatic rings. The molecule has 0 saturated carbocycles. The zero-order valence-electron chi connectivity index (χ0n) is 19.6. The van der Waals surface area contributed by atoms with Crippen LogP contribution < -0.4 is 20.7 Å². The average Bonchev–Trinajstić information content (AvgIpc) is 3.45. The first-order chi connectivity index (χ1) is 17.5. The van der Waals surface area contributed by atoms with E-state index in [2.05, 4.69) is 16.0 Å². The predicted molar refractivity (Wildman–Crippen MR) is 142 cm³/mol. The Kier molecular flexibility index (Phi) is 8.10. The molecule has 1 heterocycles. The monoisotopic (exact) mass is 499 g/mol. The van der Waals surface area contributed by atoms with Gasteiger partial charge in [0.25, 0.3) is 11.8 Å². The van der Waals surface area contributed by atoms with Crippen LogP contribution in [0, 0.1) is 0 Å². The van der Waals surface area contributed by atoms with Crippen LogP contribution in [0.2, 0.25) is 0 Å². The summed E-state index contributed by atoms with van der Waals surface area (Å²) in [4.78, 5) is 39.0. The molecule has 0 aliphatic heterocycles. The number of hydrogen-bond acceptors (Lipinski definition) is 5. The van der Waals surface area contributed by atoms with Crippen molar-refractivity contribution in [1.82, 2.24) is 5.32 Å². The summed E-state index contributed by atoms with van der Waals surface area (Å²) in [7, 11) is 1.54. The van der Waals surface area contributed by atoms with Gasteiger partial charge in [-0.2, -0.15) is 0 Å². The van der Waals surface area contributed by atoms with Crippen LogP contribution in [-0.4, -0.2) is 30.9 Å². The summed E-state index contributed by atoms with van der Waals surface area (Å²) in [6, 6.07) is 25.9. The Morgan fingerprint density at radius 3 is 2.22 bits per heavy atom. The summed E-state index contributed by atoms with van der Waals surface area (Å²) >= 11 is 1.31. The van der Waals surface area contributed by atoms with E-state index in [1.54, 1.807) is 54.6 Å². The molecule has 0 fully saturated rings. The Morgan fingerprint density at radius 1 is 0.806 bits per heavy atom. The molecule has 36 heavy (non-hydrogen) atoms. The number of para-hydroxylation sites is 2. The summed E-state index contributed by atoms with van der Waals surface area (Å²) in [5, 5.41) is 10.3. The van der Waals surface area contributed by atoms with Crippen LogP contribution in [0.4, 0.5) is 11.4 Å². The largest absolute Gasteiger partial charge is 0.495 e. The van der Waals surface area contributed by atoms with Crippen LogP contribution in [0.1, 0.15) is 25.6 Å². The van der Waals surface area contributed by atoms with Gasteiger partial charge in [0.05, 0.1) is 17.7 Å². The zero-order valence-corrected chi connectivity index (χ0v) is 20.4. The van der Waals surface area contributed by atoms with Gasteiger partial charge in [-0.15, -0.1) is 11.3 Å². The van der Waals surface area contributed by atoms with E-state index in [0.29, 0.717) is 34.0 Å². The summed E-state index contributed by atoms with van der Waals surface area (Å²) in [5.41, 5.74) is 2.42. The van der Waals surface area contributed by atoms with Crippen molar-refractivity contribution in [2.24, 2.45) is 0 Å². The fraction of sp³-hybridized carbons (Fsp3) is 0.107. The lowest BCUT2D eigenvalue weighted by Gasteiger charge is -2.18. The summed E-state index contributed by atoms with van der Waals surface area (Å²) in [5.74, 6) is -0.397. The van der Waals surface area contributed by atoms with Crippen LogP contribution in [0.15, 0.2) is 96.4 Å². The van der Waals surface area contributed by atoms with E-state index in [1.165, 1.54) is 18.4 Å². The second-order valence-corrected chi connectivity index (χ2v) is 8.86. The number of rotatable bonds is 9. The highest BCUT2D eigenvalue weighted by molar-refractivity contribution is 7.12. The quantitative estimate of drug-likeness (QED) is 0.302. The lowest BCUT2D eigenvalue weighted by atomic mass is 10.0. The number of ether oxygens (including phenoxy) is 1. The maximum absolute atomic E-state index is 13.1. The Balaban J connectivity index is 1.44. The number of thiophene rings is 1. The maximum Gasteiger partial charge on any atom is 0.262 e. The molecule has 182 valence electrons. The molecule has 0 unspecified atom stereocenters. The van der Waals surface area contributed by atoms with E-state index in [1.807, 2.05) is 41.8 Å². The molecule has 0 radical (unpaired) electrons. The van der Waals surface area contributed by atoms with Crippen LogP contribution >= 0.6 is 11.3 Å². The van der Waals surface area contributed by atoms with Gasteiger partial charge in [-0.05, 0) is 53.4 Å². The van der Waals surface area contributed by atoms with Crippen molar-refractivity contribution < 1.29 is 19.1 Å². The number of hydrogen-bond donors (Lipinski definition) is 3. The highest BCUT2D eigenvalue weighted by Crippen LogP contribution is 2.24. The molecule has 0 spiro atoms. The molecule has 0 aliphatic carbocycles. The lowest BCUT2D eigenvalue weighted by Crippen LogP contribution is -2.45. The van der Waals surface area contributed by atoms with Crippen molar-refractivity contribution in [3.05, 3.63) is 112 Å². The third-order valence-corrected chi connectivity index (χ3v) is 6.29. The minimum atomic E-state index is -0.782. The number of methoxy groups -OCH3 is 1. The van der Waals surface area contributed by atoms with Crippen LogP contribution in [0.3, 0.4) is 0 Å². The summed E-state index contributed by atoms with van der Waals surface area (Å²) < 4.78 is 5.27. The standard InChI is InChI=1S/C28H25N3O4S/c1-35-24-11-6-5-10-22(24)30-26(32)20-13-15-21(16-14-20)29-27(33)23(18-19-8-3-2-4-9-19)31-28(34)25-12-7-17-36-25/h2-17,23H,18H2,1H3,(H,29,33)(H,30,32)(H,31,34)/t23-/m0/s1. The molecule has 1 aromatic heterocycles. The molecule has 4 aromatic rings. The van der Waals surface area contributed by atoms with Crippen molar-refractivity contribution in [1.29, 1.82) is 0 Å². The minimum absolute atomic E-state index is 0.301. The van der Waals surface area contributed by atoms with E-state index in [9.17, 15) is 14.4 Å². The third-order valence-electron chi connectivity index (χ3n) is 5.42. The number of anilines is 2. The lowest BCUT2D eigenvalue weighted by molar-refractivity contribution is -0.118. The van der Waals surface area contributed by atoms with Gasteiger partial charge in [0, 0.05) is 17.7 Å². The van der Waals surface area contributed by atoms with E-state index >= 15 is 0 Å². The van der Waals surface area contributed by atoms with Gasteiger partial charge < -0.3 is 20.7 Å². The van der Waals surface area contributed by atoms with Gasteiger partial charge in [-0.25, -0.2) is 0 Å². The van der Waals surface area contributed by atoms with Crippen molar-refractivity contribution in [3.63, 3.8) is 0 Å². The highest BCUT2D eigenvalue weighted by Gasteiger charge is 2.23. The number of benzene rings is 3. The van der Waals surface area contributed by atoms with Gasteiger partial charge >= 0.3 is 0 Å². The first kappa shape index (κ1) is 24.7. The molecule has 8 heteroatoms. The number of amides is 3. The Labute approximate surface area is 213 Å². The second kappa shape index (κ2) is 11.8. The minimum Gasteiger partial charge on any atom is -0.495 e. The smallest absolute Gasteiger partial charge is 0.262 e. The Hall–Kier alpha value is -4.43. The Bertz CT molecular complexity index is 1320. The van der Waals surface area contributed by atoms with Crippen LogP contribution in [0.25, 0.3) is 0 Å². The van der Waals surface area contributed by atoms with Gasteiger partial charge in [0.1, 0.15) is 11.8 Å². The van der Waals surface area contributed by atoms with E-state index in [4.69, 9.17) is 4.74 Å². The van der Waals surface area contributed by atoms with Gasteiger partial charge in [0.15, 0.2) is 0 Å². The molecule has 3 N–H and O–H groups in total.